The minimum Gasteiger partial charge on any atom is -0.466 e. The van der Waals surface area contributed by atoms with Gasteiger partial charge in [0.25, 0.3) is 5.56 Å². The highest BCUT2D eigenvalue weighted by molar-refractivity contribution is 7.99. The van der Waals surface area contributed by atoms with Crippen LogP contribution in [0.25, 0.3) is 16.7 Å². The third-order valence-corrected chi connectivity index (χ3v) is 7.41. The van der Waals surface area contributed by atoms with E-state index in [2.05, 4.69) is 20.4 Å². The fourth-order valence-electron chi connectivity index (χ4n) is 3.77. The molecular weight excluding hydrogens is 512 g/mol. The maximum absolute atomic E-state index is 13.3. The van der Waals surface area contributed by atoms with E-state index in [4.69, 9.17) is 16.3 Å². The van der Waals surface area contributed by atoms with Crippen LogP contribution in [0.4, 0.5) is 5.13 Å². The number of anilines is 1. The average Bonchev–Trinajstić information content (AvgIpc) is 3.53. The van der Waals surface area contributed by atoms with Crippen molar-refractivity contribution >= 4 is 62.7 Å². The predicted molar refractivity (Wildman–Crippen MR) is 134 cm³/mol. The largest absolute Gasteiger partial charge is 0.466 e. The van der Waals surface area contributed by atoms with Crippen LogP contribution in [0.3, 0.4) is 0 Å². The summed E-state index contributed by atoms with van der Waals surface area (Å²) in [6.07, 6.45) is 1.62. The van der Waals surface area contributed by atoms with Gasteiger partial charge in [-0.2, -0.15) is 5.10 Å². The van der Waals surface area contributed by atoms with Crippen molar-refractivity contribution < 1.29 is 14.3 Å². The Morgan fingerprint density at radius 1 is 1.31 bits per heavy atom. The summed E-state index contributed by atoms with van der Waals surface area (Å²) in [6, 6.07) is 6.79. The molecule has 0 spiro atoms. The Labute approximate surface area is 212 Å². The summed E-state index contributed by atoms with van der Waals surface area (Å²) < 4.78 is 8.06. The maximum atomic E-state index is 13.3. The van der Waals surface area contributed by atoms with Gasteiger partial charge in [-0.25, -0.2) is 14.6 Å². The van der Waals surface area contributed by atoms with Crippen molar-refractivity contribution in [3.05, 3.63) is 56.9 Å². The van der Waals surface area contributed by atoms with Gasteiger partial charge in [-0.05, 0) is 25.1 Å². The number of carbonyl (C=O) groups excluding carboxylic acids is 2. The van der Waals surface area contributed by atoms with Gasteiger partial charge in [0.15, 0.2) is 15.9 Å². The smallest absolute Gasteiger partial charge is 0.311 e. The summed E-state index contributed by atoms with van der Waals surface area (Å²) in [7, 11) is 0. The second-order valence-electron chi connectivity index (χ2n) is 7.69. The first kappa shape index (κ1) is 23.5. The number of hydrogen-bond acceptors (Lipinski definition) is 9. The molecule has 3 aromatic heterocycles. The first-order chi connectivity index (χ1) is 16.9. The molecule has 1 unspecified atom stereocenters. The van der Waals surface area contributed by atoms with Gasteiger partial charge >= 0.3 is 5.97 Å². The van der Waals surface area contributed by atoms with Crippen LogP contribution in [0.5, 0.6) is 0 Å². The first-order valence-corrected chi connectivity index (χ1v) is 13.0. The Kier molecular flexibility index (Phi) is 6.58. The van der Waals surface area contributed by atoms with Crippen LogP contribution >= 0.6 is 34.7 Å². The zero-order valence-corrected chi connectivity index (χ0v) is 20.8. The van der Waals surface area contributed by atoms with Crippen molar-refractivity contribution in [3.63, 3.8) is 0 Å². The van der Waals surface area contributed by atoms with Crippen LogP contribution in [0.15, 0.2) is 45.8 Å². The van der Waals surface area contributed by atoms with Crippen molar-refractivity contribution in [1.29, 1.82) is 0 Å². The number of nitrogens with zero attached hydrogens (tertiary/aromatic N) is 5. The molecule has 4 aromatic rings. The number of halogens is 1. The molecule has 1 aromatic carbocycles. The third-order valence-electron chi connectivity index (χ3n) is 5.27. The Morgan fingerprint density at radius 2 is 2.17 bits per heavy atom. The number of hydrogen-bond donors (Lipinski definition) is 1. The molecular formula is C22H19ClN6O4S2. The molecule has 13 heteroatoms. The zero-order chi connectivity index (χ0) is 24.5. The molecule has 1 N–H and O–H groups in total. The molecule has 1 amide bonds. The lowest BCUT2D eigenvalue weighted by molar-refractivity contribution is -0.142. The van der Waals surface area contributed by atoms with Crippen LogP contribution in [-0.2, 0) is 20.7 Å². The van der Waals surface area contributed by atoms with Crippen LogP contribution in [0.1, 0.15) is 25.1 Å². The topological polar surface area (TPSA) is 121 Å². The Hall–Kier alpha value is -3.22. The molecule has 1 aliphatic heterocycles. The van der Waals surface area contributed by atoms with E-state index in [1.165, 1.54) is 29.3 Å². The van der Waals surface area contributed by atoms with E-state index in [1.54, 1.807) is 39.8 Å². The number of amides is 1. The summed E-state index contributed by atoms with van der Waals surface area (Å²) in [5.41, 5.74) is 1.43. The van der Waals surface area contributed by atoms with Crippen LogP contribution in [0.2, 0.25) is 5.02 Å². The Morgan fingerprint density at radius 3 is 2.97 bits per heavy atom. The standard InChI is InChI=1S/C22H19ClN6O4S2/c1-2-33-18(31)7-13-10-34-21(25-13)26-17(30)8-15-11-35-22-27-19-16(20(32)28(15)22)9-24-29(19)14-5-3-4-12(23)6-14/h3-6,9-10,15H,2,7-8,11H2,1H3,(H,25,26,30). The minimum atomic E-state index is -0.368. The number of thioether (sulfide) groups is 1. The van der Waals surface area contributed by atoms with E-state index >= 15 is 0 Å². The highest BCUT2D eigenvalue weighted by atomic mass is 35.5. The lowest BCUT2D eigenvalue weighted by atomic mass is 10.2. The summed E-state index contributed by atoms with van der Waals surface area (Å²) in [5, 5.41) is 10.6. The summed E-state index contributed by atoms with van der Waals surface area (Å²) in [4.78, 5) is 46.5. The van der Waals surface area contributed by atoms with Crippen molar-refractivity contribution in [2.75, 3.05) is 17.7 Å². The lowest BCUT2D eigenvalue weighted by Gasteiger charge is -2.12. The molecule has 0 radical (unpaired) electrons. The molecule has 1 atom stereocenters. The molecule has 0 saturated carbocycles. The van der Waals surface area contributed by atoms with Crippen LogP contribution in [-0.4, -0.2) is 48.6 Å². The van der Waals surface area contributed by atoms with Crippen LogP contribution < -0.4 is 10.9 Å². The summed E-state index contributed by atoms with van der Waals surface area (Å²) in [5.74, 6) is -0.104. The Balaban J connectivity index is 1.33. The molecule has 1 aliphatic rings. The highest BCUT2D eigenvalue weighted by Gasteiger charge is 2.30. The van der Waals surface area contributed by atoms with E-state index in [0.29, 0.717) is 50.1 Å². The van der Waals surface area contributed by atoms with Gasteiger partial charge in [0, 0.05) is 22.6 Å². The summed E-state index contributed by atoms with van der Waals surface area (Å²) >= 11 is 8.76. The molecule has 35 heavy (non-hydrogen) atoms. The highest BCUT2D eigenvalue weighted by Crippen LogP contribution is 2.34. The molecule has 0 fully saturated rings. The molecule has 10 nitrogen and oxygen atoms in total. The number of rotatable bonds is 7. The lowest BCUT2D eigenvalue weighted by Crippen LogP contribution is -2.27. The number of thiazole rings is 1. The molecule has 180 valence electrons. The number of ether oxygens (including phenoxy) is 1. The first-order valence-electron chi connectivity index (χ1n) is 10.7. The minimum absolute atomic E-state index is 0.0484. The number of nitrogens with one attached hydrogen (secondary N) is 1. The van der Waals surface area contributed by atoms with Gasteiger partial charge in [0.2, 0.25) is 5.91 Å². The number of esters is 1. The van der Waals surface area contributed by atoms with E-state index in [9.17, 15) is 14.4 Å². The van der Waals surface area contributed by atoms with Gasteiger partial charge in [-0.15, -0.1) is 11.3 Å². The molecule has 5 rings (SSSR count). The van der Waals surface area contributed by atoms with Crippen LogP contribution in [0, 0.1) is 0 Å². The number of aromatic nitrogens is 5. The van der Waals surface area contributed by atoms with E-state index in [-0.39, 0.29) is 36.3 Å². The second kappa shape index (κ2) is 9.80. The number of benzene rings is 1. The van der Waals surface area contributed by atoms with E-state index < -0.39 is 0 Å². The van der Waals surface area contributed by atoms with Gasteiger partial charge in [-0.1, -0.05) is 29.4 Å². The Bertz CT molecular complexity index is 1500. The SMILES string of the molecule is CCOC(=O)Cc1csc(NC(=O)CC2CSc3nc4c(cnn4-c4cccc(Cl)c4)c(=O)n32)n1. The average molecular weight is 531 g/mol. The van der Waals surface area contributed by atoms with Crippen molar-refractivity contribution in [2.45, 2.75) is 31.0 Å². The fourth-order valence-corrected chi connectivity index (χ4v) is 5.81. The molecule has 0 saturated heterocycles. The monoisotopic (exact) mass is 530 g/mol. The van der Waals surface area contributed by atoms with Crippen molar-refractivity contribution in [2.24, 2.45) is 0 Å². The van der Waals surface area contributed by atoms with Gasteiger partial charge in [0.1, 0.15) is 5.39 Å². The number of carbonyl (C=O) groups is 2. The number of fused-ring (bicyclic) bond motifs is 2. The van der Waals surface area contributed by atoms with Crippen molar-refractivity contribution in [3.8, 4) is 5.69 Å². The quantitative estimate of drug-likeness (QED) is 0.285. The normalized spacial score (nSPS) is 14.7. The predicted octanol–water partition coefficient (Wildman–Crippen LogP) is 3.47. The summed E-state index contributed by atoms with van der Waals surface area (Å²) in [6.45, 7) is 2.04. The molecule has 4 heterocycles. The van der Waals surface area contributed by atoms with Gasteiger partial charge in [-0.3, -0.25) is 19.0 Å². The van der Waals surface area contributed by atoms with Crippen molar-refractivity contribution in [1.82, 2.24) is 24.3 Å². The van der Waals surface area contributed by atoms with Gasteiger partial charge in [0.05, 0.1) is 36.6 Å². The molecule has 0 bridgehead atoms. The van der Waals surface area contributed by atoms with E-state index in [1.807, 2.05) is 6.07 Å². The zero-order valence-electron chi connectivity index (χ0n) is 18.4. The fraction of sp³-hybridized carbons (Fsp3) is 0.273. The third kappa shape index (κ3) is 4.81. The van der Waals surface area contributed by atoms with Gasteiger partial charge < -0.3 is 10.1 Å². The maximum Gasteiger partial charge on any atom is 0.311 e. The second-order valence-corrected chi connectivity index (χ2v) is 9.97. The molecule has 0 aliphatic carbocycles. The van der Waals surface area contributed by atoms with E-state index in [0.717, 1.165) is 0 Å².